The Hall–Kier alpha value is -2.62. The first-order chi connectivity index (χ1) is 14.5. The smallest absolute Gasteiger partial charge is 0.333 e. The van der Waals surface area contributed by atoms with Crippen molar-refractivity contribution in [1.82, 2.24) is 0 Å². The average molecular weight is 417 g/mol. The normalized spacial score (nSPS) is 9.03. The molecule has 168 valence electrons. The molecule has 0 saturated carbocycles. The third-order valence-corrected chi connectivity index (χ3v) is 3.89. The summed E-state index contributed by atoms with van der Waals surface area (Å²) < 4.78 is 9.68. The first-order valence-corrected chi connectivity index (χ1v) is 10.8. The summed E-state index contributed by atoms with van der Waals surface area (Å²) in [5.74, 6) is -0.567. The molecule has 0 radical (unpaired) electrons. The van der Waals surface area contributed by atoms with E-state index in [4.69, 9.17) is 4.74 Å². The van der Waals surface area contributed by atoms with E-state index in [2.05, 4.69) is 31.4 Å². The number of hydrogen-bond acceptors (Lipinski definition) is 4. The SMILES string of the molecule is C=C(CC)C(=O)OCCCCCC.C=CC(=O)OCCCC.C=Cc1ccccc1. The Kier molecular flexibility index (Phi) is 22.3. The number of esters is 2. The number of carbonyl (C=O) groups excluding carboxylic acids is 2. The second-order valence-electron chi connectivity index (χ2n) is 6.49. The summed E-state index contributed by atoms with van der Waals surface area (Å²) in [4.78, 5) is 21.4. The van der Waals surface area contributed by atoms with Crippen molar-refractivity contribution < 1.29 is 19.1 Å². The summed E-state index contributed by atoms with van der Waals surface area (Å²) >= 11 is 0. The topological polar surface area (TPSA) is 52.6 Å². The average Bonchev–Trinajstić information content (AvgIpc) is 2.79. The fraction of sp³-hybridized carbons (Fsp3) is 0.462. The molecule has 4 heteroatoms. The summed E-state index contributed by atoms with van der Waals surface area (Å²) in [5, 5.41) is 0. The van der Waals surface area contributed by atoms with Crippen LogP contribution in [-0.2, 0) is 19.1 Å². The standard InChI is InChI=1S/C11H20O2.C8H8.C7H12O2/c1-4-6-7-8-9-13-11(12)10(3)5-2;1-2-8-6-4-3-5-7-8;1-3-5-6-9-7(8)4-2/h3-9H2,1-2H3;2-7H,1H2;4H,2-3,5-6H2,1H3. The fourth-order valence-electron chi connectivity index (χ4n) is 1.91. The summed E-state index contributed by atoms with van der Waals surface area (Å²) in [6.07, 6.45) is 10.2. The molecule has 0 spiro atoms. The van der Waals surface area contributed by atoms with Gasteiger partial charge in [-0.2, -0.15) is 0 Å². The molecule has 0 aliphatic heterocycles. The molecule has 0 N–H and O–H groups in total. The van der Waals surface area contributed by atoms with Crippen molar-refractivity contribution in [1.29, 1.82) is 0 Å². The minimum atomic E-state index is -0.330. The molecular weight excluding hydrogens is 376 g/mol. The van der Waals surface area contributed by atoms with Gasteiger partial charge in [-0.3, -0.25) is 0 Å². The van der Waals surface area contributed by atoms with Crippen LogP contribution in [0.4, 0.5) is 0 Å². The predicted octanol–water partition coefficient (Wildman–Crippen LogP) is 6.92. The number of carbonyl (C=O) groups is 2. The highest BCUT2D eigenvalue weighted by Gasteiger charge is 2.04. The van der Waals surface area contributed by atoms with Crippen LogP contribution in [0, 0.1) is 0 Å². The minimum Gasteiger partial charge on any atom is -0.463 e. The third kappa shape index (κ3) is 20.1. The Labute approximate surface area is 183 Å². The van der Waals surface area contributed by atoms with E-state index in [0.29, 0.717) is 25.2 Å². The molecule has 0 atom stereocenters. The molecule has 0 unspecified atom stereocenters. The molecule has 1 aromatic rings. The second-order valence-corrected chi connectivity index (χ2v) is 6.49. The summed E-state index contributed by atoms with van der Waals surface area (Å²) in [6.45, 7) is 17.7. The lowest BCUT2D eigenvalue weighted by Crippen LogP contribution is -2.07. The maximum atomic E-state index is 11.1. The van der Waals surface area contributed by atoms with Gasteiger partial charge in [0.25, 0.3) is 0 Å². The minimum absolute atomic E-state index is 0.237. The molecule has 0 saturated heterocycles. The second kappa shape index (κ2) is 22.7. The molecule has 0 aliphatic rings. The highest BCUT2D eigenvalue weighted by molar-refractivity contribution is 5.87. The van der Waals surface area contributed by atoms with E-state index in [0.717, 1.165) is 25.7 Å². The number of hydrogen-bond donors (Lipinski definition) is 0. The van der Waals surface area contributed by atoms with Crippen LogP contribution >= 0.6 is 0 Å². The highest BCUT2D eigenvalue weighted by atomic mass is 16.5. The van der Waals surface area contributed by atoms with Crippen LogP contribution in [0.25, 0.3) is 6.08 Å². The van der Waals surface area contributed by atoms with E-state index in [1.165, 1.54) is 24.5 Å². The maximum absolute atomic E-state index is 11.1. The number of rotatable bonds is 12. The zero-order chi connectivity index (χ0) is 23.0. The Morgan fingerprint density at radius 3 is 1.93 bits per heavy atom. The summed E-state index contributed by atoms with van der Waals surface area (Å²) in [7, 11) is 0. The van der Waals surface area contributed by atoms with Crippen molar-refractivity contribution in [2.75, 3.05) is 13.2 Å². The van der Waals surface area contributed by atoms with Crippen LogP contribution in [0.1, 0.15) is 71.3 Å². The van der Waals surface area contributed by atoms with Crippen molar-refractivity contribution >= 4 is 18.0 Å². The van der Waals surface area contributed by atoms with Crippen molar-refractivity contribution in [2.24, 2.45) is 0 Å². The number of benzene rings is 1. The van der Waals surface area contributed by atoms with E-state index in [9.17, 15) is 9.59 Å². The molecule has 0 amide bonds. The van der Waals surface area contributed by atoms with Crippen molar-refractivity contribution in [2.45, 2.75) is 65.7 Å². The first-order valence-electron chi connectivity index (χ1n) is 10.8. The summed E-state index contributed by atoms with van der Waals surface area (Å²) in [5.41, 5.74) is 1.74. The molecule has 1 aromatic carbocycles. The Bertz CT molecular complexity index is 590. The van der Waals surface area contributed by atoms with Gasteiger partial charge in [0.2, 0.25) is 0 Å². The van der Waals surface area contributed by atoms with Crippen LogP contribution in [0.15, 0.2) is 61.7 Å². The lowest BCUT2D eigenvalue weighted by Gasteiger charge is -2.04. The van der Waals surface area contributed by atoms with Gasteiger partial charge in [-0.25, -0.2) is 9.59 Å². The molecule has 0 bridgehead atoms. The third-order valence-electron chi connectivity index (χ3n) is 3.89. The van der Waals surface area contributed by atoms with Crippen LogP contribution in [0.5, 0.6) is 0 Å². The van der Waals surface area contributed by atoms with Crippen LogP contribution in [0.3, 0.4) is 0 Å². The Morgan fingerprint density at radius 1 is 0.867 bits per heavy atom. The zero-order valence-electron chi connectivity index (χ0n) is 19.2. The lowest BCUT2D eigenvalue weighted by molar-refractivity contribution is -0.139. The van der Waals surface area contributed by atoms with Gasteiger partial charge in [0.1, 0.15) is 0 Å². The molecule has 0 fully saturated rings. The van der Waals surface area contributed by atoms with Crippen LogP contribution in [-0.4, -0.2) is 25.2 Å². The first kappa shape index (κ1) is 29.6. The van der Waals surface area contributed by atoms with Crippen LogP contribution < -0.4 is 0 Å². The van der Waals surface area contributed by atoms with E-state index in [1.54, 1.807) is 0 Å². The largest absolute Gasteiger partial charge is 0.463 e. The molecular formula is C26H40O4. The van der Waals surface area contributed by atoms with E-state index in [-0.39, 0.29) is 11.9 Å². The molecule has 0 aromatic heterocycles. The van der Waals surface area contributed by atoms with Crippen molar-refractivity contribution in [3.05, 3.63) is 67.3 Å². The molecule has 0 heterocycles. The van der Waals surface area contributed by atoms with Gasteiger partial charge in [-0.15, -0.1) is 0 Å². The van der Waals surface area contributed by atoms with E-state index < -0.39 is 0 Å². The van der Waals surface area contributed by atoms with Gasteiger partial charge in [0.15, 0.2) is 0 Å². The van der Waals surface area contributed by atoms with Gasteiger partial charge < -0.3 is 9.47 Å². The van der Waals surface area contributed by atoms with Gasteiger partial charge in [-0.05, 0) is 24.8 Å². The molecule has 1 rings (SSSR count). The lowest BCUT2D eigenvalue weighted by atomic mass is 10.2. The molecule has 30 heavy (non-hydrogen) atoms. The fourth-order valence-corrected chi connectivity index (χ4v) is 1.91. The van der Waals surface area contributed by atoms with Gasteiger partial charge in [0.05, 0.1) is 13.2 Å². The highest BCUT2D eigenvalue weighted by Crippen LogP contribution is 2.03. The van der Waals surface area contributed by atoms with Gasteiger partial charge in [0, 0.05) is 11.6 Å². The van der Waals surface area contributed by atoms with Crippen molar-refractivity contribution in [3.63, 3.8) is 0 Å². The van der Waals surface area contributed by atoms with Crippen molar-refractivity contribution in [3.8, 4) is 0 Å². The molecule has 0 aliphatic carbocycles. The van der Waals surface area contributed by atoms with E-state index in [1.807, 2.05) is 50.3 Å². The van der Waals surface area contributed by atoms with Crippen LogP contribution in [0.2, 0.25) is 0 Å². The van der Waals surface area contributed by atoms with Gasteiger partial charge >= 0.3 is 11.9 Å². The predicted molar refractivity (Wildman–Crippen MR) is 127 cm³/mol. The quantitative estimate of drug-likeness (QED) is 0.211. The Morgan fingerprint density at radius 2 is 1.47 bits per heavy atom. The summed E-state index contributed by atoms with van der Waals surface area (Å²) in [6, 6.07) is 10.0. The number of ether oxygens (including phenoxy) is 2. The monoisotopic (exact) mass is 416 g/mol. The maximum Gasteiger partial charge on any atom is 0.333 e. The molecule has 4 nitrogen and oxygen atoms in total. The van der Waals surface area contributed by atoms with E-state index >= 15 is 0 Å². The number of unbranched alkanes of at least 4 members (excludes halogenated alkanes) is 4. The Balaban J connectivity index is 0. The zero-order valence-corrected chi connectivity index (χ0v) is 19.2. The van der Waals surface area contributed by atoms with Gasteiger partial charge in [-0.1, -0.05) is 103 Å².